The molecule has 1 aromatic heterocycles. The van der Waals surface area contributed by atoms with Crippen molar-refractivity contribution in [2.45, 2.75) is 19.4 Å². The molecule has 1 fully saturated rings. The number of likely N-dealkylation sites (tertiary alicyclic amines) is 1. The Balaban J connectivity index is 1.86. The van der Waals surface area contributed by atoms with Crippen LogP contribution in [0.3, 0.4) is 0 Å². The number of carbonyl (C=O) groups excluding carboxylic acids is 1. The number of ether oxygens (including phenoxy) is 1. The highest BCUT2D eigenvalue weighted by molar-refractivity contribution is 5.68. The highest BCUT2D eigenvalue weighted by atomic mass is 16.6. The lowest BCUT2D eigenvalue weighted by molar-refractivity contribution is 0.115. The summed E-state index contributed by atoms with van der Waals surface area (Å²) in [6.07, 6.45) is 3.69. The van der Waals surface area contributed by atoms with E-state index in [1.165, 1.54) is 0 Å². The first-order chi connectivity index (χ1) is 8.69. The number of anilines is 2. The van der Waals surface area contributed by atoms with E-state index in [1.54, 1.807) is 24.2 Å². The Labute approximate surface area is 105 Å². The van der Waals surface area contributed by atoms with E-state index in [2.05, 4.69) is 15.3 Å². The first-order valence-electron chi connectivity index (χ1n) is 5.94. The van der Waals surface area contributed by atoms with Gasteiger partial charge in [0.25, 0.3) is 0 Å². The minimum atomic E-state index is -0.264. The molecule has 1 atom stereocenters. The van der Waals surface area contributed by atoms with E-state index in [1.807, 2.05) is 0 Å². The van der Waals surface area contributed by atoms with Gasteiger partial charge in [0, 0.05) is 19.1 Å². The molecule has 2 heterocycles. The number of aromatic nitrogens is 2. The van der Waals surface area contributed by atoms with Crippen molar-refractivity contribution >= 4 is 17.7 Å². The molecule has 1 aliphatic heterocycles. The summed E-state index contributed by atoms with van der Waals surface area (Å²) in [5, 5.41) is 3.17. The van der Waals surface area contributed by atoms with Crippen molar-refractivity contribution in [3.8, 4) is 0 Å². The van der Waals surface area contributed by atoms with Crippen LogP contribution in [-0.2, 0) is 4.74 Å². The van der Waals surface area contributed by atoms with Crippen molar-refractivity contribution in [2.24, 2.45) is 0 Å². The molecule has 2 rings (SSSR count). The molecule has 98 valence electrons. The Hall–Kier alpha value is -2.05. The van der Waals surface area contributed by atoms with Gasteiger partial charge in [-0.1, -0.05) is 0 Å². The molecule has 0 saturated carbocycles. The van der Waals surface area contributed by atoms with Crippen LogP contribution in [0.5, 0.6) is 0 Å². The van der Waals surface area contributed by atoms with E-state index in [0.717, 1.165) is 6.42 Å². The molecule has 7 heteroatoms. The van der Waals surface area contributed by atoms with E-state index in [9.17, 15) is 4.79 Å². The van der Waals surface area contributed by atoms with E-state index >= 15 is 0 Å². The summed E-state index contributed by atoms with van der Waals surface area (Å²) in [5.41, 5.74) is 6.04. The highest BCUT2D eigenvalue weighted by Gasteiger charge is 2.27. The Morgan fingerprint density at radius 2 is 2.33 bits per heavy atom. The SMILES string of the molecule is CCOC(=O)N1CCC(Nc2ncc(N)cn2)C1. The number of amides is 1. The average Bonchev–Trinajstić information content (AvgIpc) is 2.81. The maximum Gasteiger partial charge on any atom is 0.409 e. The van der Waals surface area contributed by atoms with Crippen molar-refractivity contribution in [3.63, 3.8) is 0 Å². The summed E-state index contributed by atoms with van der Waals surface area (Å²) < 4.78 is 4.95. The van der Waals surface area contributed by atoms with Crippen LogP contribution in [0.1, 0.15) is 13.3 Å². The zero-order chi connectivity index (χ0) is 13.0. The summed E-state index contributed by atoms with van der Waals surface area (Å²) in [4.78, 5) is 21.3. The van der Waals surface area contributed by atoms with Gasteiger partial charge in [-0.3, -0.25) is 0 Å². The molecule has 1 amide bonds. The lowest BCUT2D eigenvalue weighted by Crippen LogP contribution is -2.32. The first-order valence-corrected chi connectivity index (χ1v) is 5.94. The Bertz CT molecular complexity index is 408. The summed E-state index contributed by atoms with van der Waals surface area (Å²) in [6.45, 7) is 3.48. The number of hydrogen-bond acceptors (Lipinski definition) is 6. The molecule has 7 nitrogen and oxygen atoms in total. The van der Waals surface area contributed by atoms with Crippen LogP contribution in [0.2, 0.25) is 0 Å². The fourth-order valence-electron chi connectivity index (χ4n) is 1.85. The maximum atomic E-state index is 11.5. The van der Waals surface area contributed by atoms with Gasteiger partial charge < -0.3 is 20.7 Å². The number of nitrogens with two attached hydrogens (primary N) is 1. The molecule has 1 saturated heterocycles. The van der Waals surface area contributed by atoms with Crippen molar-refractivity contribution < 1.29 is 9.53 Å². The largest absolute Gasteiger partial charge is 0.450 e. The lowest BCUT2D eigenvalue weighted by Gasteiger charge is -2.16. The van der Waals surface area contributed by atoms with Gasteiger partial charge in [0.1, 0.15) is 0 Å². The Morgan fingerprint density at radius 3 is 3.00 bits per heavy atom. The summed E-state index contributed by atoms with van der Waals surface area (Å²) in [7, 11) is 0. The van der Waals surface area contributed by atoms with Crippen LogP contribution in [0.25, 0.3) is 0 Å². The smallest absolute Gasteiger partial charge is 0.409 e. The van der Waals surface area contributed by atoms with Crippen LogP contribution in [0.15, 0.2) is 12.4 Å². The number of carbonyl (C=O) groups is 1. The predicted octanol–water partition coefficient (Wildman–Crippen LogP) is 0.701. The molecule has 0 radical (unpaired) electrons. The topological polar surface area (TPSA) is 93.4 Å². The second-order valence-corrected chi connectivity index (χ2v) is 4.11. The van der Waals surface area contributed by atoms with Gasteiger partial charge in [-0.15, -0.1) is 0 Å². The Kier molecular flexibility index (Phi) is 3.81. The monoisotopic (exact) mass is 251 g/mol. The van der Waals surface area contributed by atoms with Crippen LogP contribution >= 0.6 is 0 Å². The third-order valence-corrected chi connectivity index (χ3v) is 2.72. The summed E-state index contributed by atoms with van der Waals surface area (Å²) >= 11 is 0. The highest BCUT2D eigenvalue weighted by Crippen LogP contribution is 2.14. The molecule has 1 unspecified atom stereocenters. The molecule has 0 aliphatic carbocycles. The predicted molar refractivity (Wildman–Crippen MR) is 67.1 cm³/mol. The fourth-order valence-corrected chi connectivity index (χ4v) is 1.85. The van der Waals surface area contributed by atoms with Gasteiger partial charge in [-0.05, 0) is 13.3 Å². The van der Waals surface area contributed by atoms with Gasteiger partial charge in [0.15, 0.2) is 0 Å². The fraction of sp³-hybridized carbons (Fsp3) is 0.545. The number of rotatable bonds is 3. The Morgan fingerprint density at radius 1 is 1.61 bits per heavy atom. The third-order valence-electron chi connectivity index (χ3n) is 2.72. The minimum Gasteiger partial charge on any atom is -0.450 e. The van der Waals surface area contributed by atoms with Gasteiger partial charge in [-0.2, -0.15) is 0 Å². The number of nitrogens with zero attached hydrogens (tertiary/aromatic N) is 3. The quantitative estimate of drug-likeness (QED) is 0.821. The standard InChI is InChI=1S/C11H17N5O2/c1-2-18-11(17)16-4-3-9(7-16)15-10-13-5-8(12)6-14-10/h5-6,9H,2-4,7,12H2,1H3,(H,13,14,15). The molecule has 18 heavy (non-hydrogen) atoms. The van der Waals surface area contributed by atoms with Crippen molar-refractivity contribution in [2.75, 3.05) is 30.7 Å². The van der Waals surface area contributed by atoms with Crippen molar-refractivity contribution in [1.82, 2.24) is 14.9 Å². The van der Waals surface area contributed by atoms with Gasteiger partial charge in [0.05, 0.1) is 24.7 Å². The van der Waals surface area contributed by atoms with Crippen LogP contribution in [0.4, 0.5) is 16.4 Å². The number of hydrogen-bond donors (Lipinski definition) is 2. The van der Waals surface area contributed by atoms with Gasteiger partial charge in [-0.25, -0.2) is 14.8 Å². The first kappa shape index (κ1) is 12.4. The summed E-state index contributed by atoms with van der Waals surface area (Å²) in [6, 6.07) is 0.151. The van der Waals surface area contributed by atoms with E-state index in [-0.39, 0.29) is 12.1 Å². The number of nitrogen functional groups attached to an aromatic ring is 1. The molecule has 1 aromatic rings. The van der Waals surface area contributed by atoms with Crippen molar-refractivity contribution in [3.05, 3.63) is 12.4 Å². The van der Waals surface area contributed by atoms with E-state index in [4.69, 9.17) is 10.5 Å². The lowest BCUT2D eigenvalue weighted by atomic mass is 10.3. The maximum absolute atomic E-state index is 11.5. The third kappa shape index (κ3) is 2.99. The van der Waals surface area contributed by atoms with E-state index in [0.29, 0.717) is 31.3 Å². The molecular formula is C11H17N5O2. The zero-order valence-corrected chi connectivity index (χ0v) is 10.3. The summed E-state index contributed by atoms with van der Waals surface area (Å²) in [5.74, 6) is 0.528. The van der Waals surface area contributed by atoms with Crippen LogP contribution in [0, 0.1) is 0 Å². The molecule has 0 bridgehead atoms. The zero-order valence-electron chi connectivity index (χ0n) is 10.3. The van der Waals surface area contributed by atoms with Crippen LogP contribution in [-0.4, -0.2) is 46.7 Å². The van der Waals surface area contributed by atoms with Gasteiger partial charge in [0.2, 0.25) is 5.95 Å². The second-order valence-electron chi connectivity index (χ2n) is 4.11. The van der Waals surface area contributed by atoms with Crippen molar-refractivity contribution in [1.29, 1.82) is 0 Å². The molecule has 0 aromatic carbocycles. The van der Waals surface area contributed by atoms with Gasteiger partial charge >= 0.3 is 6.09 Å². The second kappa shape index (κ2) is 5.52. The normalized spacial score (nSPS) is 18.7. The molecule has 1 aliphatic rings. The average molecular weight is 251 g/mol. The molecule has 0 spiro atoms. The van der Waals surface area contributed by atoms with E-state index < -0.39 is 0 Å². The van der Waals surface area contributed by atoms with Crippen LogP contribution < -0.4 is 11.1 Å². The molecular weight excluding hydrogens is 234 g/mol. The number of nitrogens with one attached hydrogen (secondary N) is 1. The molecule has 3 N–H and O–H groups in total. The minimum absolute atomic E-state index is 0.151.